The summed E-state index contributed by atoms with van der Waals surface area (Å²) >= 11 is 0. The van der Waals surface area contributed by atoms with Crippen molar-refractivity contribution in [3.05, 3.63) is 71.3 Å². The number of nitrogens with zero attached hydrogens (tertiary/aromatic N) is 1. The fourth-order valence-corrected chi connectivity index (χ4v) is 1.81. The van der Waals surface area contributed by atoms with Gasteiger partial charge in [0.05, 0.1) is 6.54 Å². The molecule has 2 rings (SSSR count). The molecule has 92 valence electrons. The highest BCUT2D eigenvalue weighted by Gasteiger charge is 1.97. The summed E-state index contributed by atoms with van der Waals surface area (Å²) in [5, 5.41) is 0. The molecule has 0 aliphatic rings. The molecule has 0 N–H and O–H groups in total. The Hall–Kier alpha value is -1.89. The van der Waals surface area contributed by atoms with Crippen LogP contribution < -0.4 is 0 Å². The summed E-state index contributed by atoms with van der Waals surface area (Å²) in [6.07, 6.45) is 1.94. The highest BCUT2D eigenvalue weighted by molar-refractivity contribution is 5.79. The molecule has 0 atom stereocenters. The van der Waals surface area contributed by atoms with E-state index in [2.05, 4.69) is 55.2 Å². The monoisotopic (exact) mass is 237 g/mol. The Morgan fingerprint density at radius 2 is 1.61 bits per heavy atom. The normalized spacial score (nSPS) is 11.3. The van der Waals surface area contributed by atoms with E-state index < -0.39 is 0 Å². The molecule has 0 saturated carbocycles. The molecule has 0 radical (unpaired) electrons. The van der Waals surface area contributed by atoms with Gasteiger partial charge < -0.3 is 0 Å². The van der Waals surface area contributed by atoms with E-state index in [1.165, 1.54) is 11.1 Å². The van der Waals surface area contributed by atoms with Crippen LogP contribution in [0.2, 0.25) is 0 Å². The summed E-state index contributed by atoms with van der Waals surface area (Å²) in [5.74, 6) is 0.584. The molecule has 1 heteroatoms. The molecule has 0 unspecified atom stereocenters. The summed E-state index contributed by atoms with van der Waals surface area (Å²) in [4.78, 5) is 4.46. The van der Waals surface area contributed by atoms with Crippen molar-refractivity contribution in [1.29, 1.82) is 0 Å². The molecule has 0 aromatic heterocycles. The minimum absolute atomic E-state index is 0.584. The Balaban J connectivity index is 1.97. The molecule has 0 aliphatic heterocycles. The number of rotatable bonds is 4. The topological polar surface area (TPSA) is 12.4 Å². The van der Waals surface area contributed by atoms with E-state index in [0.717, 1.165) is 12.1 Å². The van der Waals surface area contributed by atoms with Crippen LogP contribution in [0.5, 0.6) is 0 Å². The Labute approximate surface area is 109 Å². The molecular weight excluding hydrogens is 218 g/mol. The van der Waals surface area contributed by atoms with Gasteiger partial charge in [0, 0.05) is 6.21 Å². The molecule has 18 heavy (non-hydrogen) atoms. The number of benzene rings is 2. The quantitative estimate of drug-likeness (QED) is 0.698. The average Bonchev–Trinajstić information content (AvgIpc) is 2.40. The third-order valence-electron chi connectivity index (χ3n) is 2.96. The smallest absolute Gasteiger partial charge is 0.0639 e. The van der Waals surface area contributed by atoms with Crippen LogP contribution in [0, 0.1) is 0 Å². The molecule has 2 aromatic carbocycles. The summed E-state index contributed by atoms with van der Waals surface area (Å²) in [6, 6.07) is 18.9. The van der Waals surface area contributed by atoms with E-state index in [9.17, 15) is 0 Å². The van der Waals surface area contributed by atoms with Gasteiger partial charge in [0.1, 0.15) is 0 Å². The van der Waals surface area contributed by atoms with Crippen molar-refractivity contribution >= 4 is 6.21 Å². The maximum atomic E-state index is 4.46. The highest BCUT2D eigenvalue weighted by atomic mass is 14.7. The van der Waals surface area contributed by atoms with Gasteiger partial charge in [0.2, 0.25) is 0 Å². The van der Waals surface area contributed by atoms with Crippen LogP contribution in [0.1, 0.15) is 36.5 Å². The second-order valence-corrected chi connectivity index (χ2v) is 4.78. The Bertz CT molecular complexity index is 495. The van der Waals surface area contributed by atoms with Crippen LogP contribution in [-0.2, 0) is 6.54 Å². The Morgan fingerprint density at radius 1 is 0.944 bits per heavy atom. The zero-order valence-corrected chi connectivity index (χ0v) is 11.0. The van der Waals surface area contributed by atoms with Gasteiger partial charge in [-0.2, -0.15) is 0 Å². The first-order valence-electron chi connectivity index (χ1n) is 6.39. The van der Waals surface area contributed by atoms with E-state index in [4.69, 9.17) is 0 Å². The maximum absolute atomic E-state index is 4.46. The second-order valence-electron chi connectivity index (χ2n) is 4.78. The van der Waals surface area contributed by atoms with Crippen molar-refractivity contribution in [1.82, 2.24) is 0 Å². The number of hydrogen-bond donors (Lipinski definition) is 0. The first-order chi connectivity index (χ1) is 8.75. The molecular formula is C17H19N. The lowest BCUT2D eigenvalue weighted by molar-refractivity contribution is 0.866. The molecule has 1 nitrogen and oxygen atoms in total. The van der Waals surface area contributed by atoms with Crippen molar-refractivity contribution in [2.45, 2.75) is 26.3 Å². The molecule has 0 heterocycles. The molecule has 0 bridgehead atoms. The predicted octanol–water partition coefficient (Wildman–Crippen LogP) is 4.43. The van der Waals surface area contributed by atoms with Gasteiger partial charge in [-0.25, -0.2) is 0 Å². The Morgan fingerprint density at radius 3 is 2.22 bits per heavy atom. The van der Waals surface area contributed by atoms with Crippen LogP contribution in [-0.4, -0.2) is 6.21 Å². The molecule has 0 fully saturated rings. The average molecular weight is 237 g/mol. The first-order valence-corrected chi connectivity index (χ1v) is 6.39. The molecule has 0 saturated heterocycles. The lowest BCUT2D eigenvalue weighted by Gasteiger charge is -2.04. The zero-order chi connectivity index (χ0) is 12.8. The van der Waals surface area contributed by atoms with Gasteiger partial charge in [-0.15, -0.1) is 0 Å². The van der Waals surface area contributed by atoms with Crippen LogP contribution in [0.4, 0.5) is 0 Å². The fourth-order valence-electron chi connectivity index (χ4n) is 1.81. The van der Waals surface area contributed by atoms with Crippen molar-refractivity contribution in [3.63, 3.8) is 0 Å². The summed E-state index contributed by atoms with van der Waals surface area (Å²) in [7, 11) is 0. The highest BCUT2D eigenvalue weighted by Crippen LogP contribution is 2.14. The largest absolute Gasteiger partial charge is 0.288 e. The van der Waals surface area contributed by atoms with E-state index in [0.29, 0.717) is 5.92 Å². The van der Waals surface area contributed by atoms with E-state index >= 15 is 0 Å². The van der Waals surface area contributed by atoms with Crippen molar-refractivity contribution in [2.24, 2.45) is 4.99 Å². The Kier molecular flexibility index (Phi) is 4.30. The summed E-state index contributed by atoms with van der Waals surface area (Å²) in [6.45, 7) is 5.16. The maximum Gasteiger partial charge on any atom is 0.0639 e. The molecule has 0 spiro atoms. The van der Waals surface area contributed by atoms with Gasteiger partial charge in [0.15, 0.2) is 0 Å². The zero-order valence-electron chi connectivity index (χ0n) is 11.0. The van der Waals surface area contributed by atoms with E-state index in [-0.39, 0.29) is 0 Å². The summed E-state index contributed by atoms with van der Waals surface area (Å²) < 4.78 is 0. The first kappa shape index (κ1) is 12.6. The lowest BCUT2D eigenvalue weighted by atomic mass is 10.0. The van der Waals surface area contributed by atoms with Crippen molar-refractivity contribution in [3.8, 4) is 0 Å². The van der Waals surface area contributed by atoms with E-state index in [1.54, 1.807) is 0 Å². The molecule has 0 amide bonds. The molecule has 2 aromatic rings. The van der Waals surface area contributed by atoms with Crippen LogP contribution >= 0.6 is 0 Å². The third kappa shape index (κ3) is 3.56. The second kappa shape index (κ2) is 6.15. The van der Waals surface area contributed by atoms with Crippen molar-refractivity contribution < 1.29 is 0 Å². The van der Waals surface area contributed by atoms with Gasteiger partial charge >= 0.3 is 0 Å². The van der Waals surface area contributed by atoms with E-state index in [1.807, 2.05) is 24.4 Å². The standard InChI is InChI=1S/C17H19N/c1-14(2)17-10-8-16(9-11-17)13-18-12-15-6-4-3-5-7-15/h3-11,13-14H,12H2,1-2H3. The minimum Gasteiger partial charge on any atom is -0.288 e. The van der Waals surface area contributed by atoms with Gasteiger partial charge in [-0.1, -0.05) is 68.4 Å². The summed E-state index contributed by atoms with van der Waals surface area (Å²) in [5.41, 5.74) is 3.78. The predicted molar refractivity (Wildman–Crippen MR) is 78.3 cm³/mol. The van der Waals surface area contributed by atoms with Crippen molar-refractivity contribution in [2.75, 3.05) is 0 Å². The third-order valence-corrected chi connectivity index (χ3v) is 2.96. The lowest BCUT2D eigenvalue weighted by Crippen LogP contribution is -1.88. The molecule has 0 aliphatic carbocycles. The number of aliphatic imine (C=N–C) groups is 1. The van der Waals surface area contributed by atoms with Crippen LogP contribution in [0.25, 0.3) is 0 Å². The fraction of sp³-hybridized carbons (Fsp3) is 0.235. The van der Waals surface area contributed by atoms with Crippen LogP contribution in [0.15, 0.2) is 59.6 Å². The minimum atomic E-state index is 0.584. The SMILES string of the molecule is CC(C)c1ccc(C=NCc2ccccc2)cc1. The number of hydrogen-bond acceptors (Lipinski definition) is 1. The van der Waals surface area contributed by atoms with Crippen LogP contribution in [0.3, 0.4) is 0 Å². The van der Waals surface area contributed by atoms with Gasteiger partial charge in [-0.3, -0.25) is 4.99 Å². The van der Waals surface area contributed by atoms with Gasteiger partial charge in [-0.05, 0) is 22.6 Å². The van der Waals surface area contributed by atoms with Gasteiger partial charge in [0.25, 0.3) is 0 Å².